The molecule has 0 bridgehead atoms. The summed E-state index contributed by atoms with van der Waals surface area (Å²) >= 11 is 0. The van der Waals surface area contributed by atoms with E-state index in [-0.39, 0.29) is 11.2 Å². The molecule has 18 heavy (non-hydrogen) atoms. The second kappa shape index (κ2) is 5.61. The van der Waals surface area contributed by atoms with Crippen molar-refractivity contribution in [2.24, 2.45) is 11.1 Å². The number of hydrogen-bond donors (Lipinski definition) is 1. The highest BCUT2D eigenvalue weighted by molar-refractivity contribution is 5.96. The van der Waals surface area contributed by atoms with E-state index in [1.54, 1.807) is 12.4 Å². The van der Waals surface area contributed by atoms with Gasteiger partial charge in [-0.05, 0) is 43.4 Å². The minimum absolute atomic E-state index is 0.0408. The fourth-order valence-corrected chi connectivity index (χ4v) is 2.90. The van der Waals surface area contributed by atoms with Gasteiger partial charge in [0.2, 0.25) is 0 Å². The van der Waals surface area contributed by atoms with Crippen LogP contribution in [0, 0.1) is 12.3 Å². The maximum atomic E-state index is 12.3. The molecule has 1 fully saturated rings. The summed E-state index contributed by atoms with van der Waals surface area (Å²) in [4.78, 5) is 16.4. The van der Waals surface area contributed by atoms with E-state index in [1.165, 1.54) is 19.3 Å². The number of nitrogens with two attached hydrogens (primary N) is 1. The van der Waals surface area contributed by atoms with Crippen molar-refractivity contribution in [1.29, 1.82) is 0 Å². The van der Waals surface area contributed by atoms with Gasteiger partial charge >= 0.3 is 0 Å². The molecule has 0 unspecified atom stereocenters. The Hall–Kier alpha value is -1.22. The first-order valence-corrected chi connectivity index (χ1v) is 6.80. The van der Waals surface area contributed by atoms with Crippen molar-refractivity contribution in [1.82, 2.24) is 4.98 Å². The predicted molar refractivity (Wildman–Crippen MR) is 72.5 cm³/mol. The zero-order chi connectivity index (χ0) is 13.0. The van der Waals surface area contributed by atoms with E-state index in [1.807, 2.05) is 13.0 Å². The lowest BCUT2D eigenvalue weighted by Crippen LogP contribution is -2.35. The molecule has 0 radical (unpaired) electrons. The van der Waals surface area contributed by atoms with Gasteiger partial charge in [-0.1, -0.05) is 19.3 Å². The summed E-state index contributed by atoms with van der Waals surface area (Å²) in [6.07, 6.45) is 9.89. The summed E-state index contributed by atoms with van der Waals surface area (Å²) in [7, 11) is 0. The Morgan fingerprint density at radius 2 is 2.06 bits per heavy atom. The van der Waals surface area contributed by atoms with Gasteiger partial charge < -0.3 is 5.73 Å². The SMILES string of the molecule is Cc1cncc(C(=O)CC2(CN)CCCCC2)c1. The minimum atomic E-state index is 0.0408. The highest BCUT2D eigenvalue weighted by atomic mass is 16.1. The Labute approximate surface area is 109 Å². The summed E-state index contributed by atoms with van der Waals surface area (Å²) in [6, 6.07) is 1.92. The summed E-state index contributed by atoms with van der Waals surface area (Å²) in [5.74, 6) is 0.193. The number of pyridine rings is 1. The molecule has 0 amide bonds. The Kier molecular flexibility index (Phi) is 4.12. The van der Waals surface area contributed by atoms with Gasteiger partial charge in [0, 0.05) is 24.4 Å². The van der Waals surface area contributed by atoms with Gasteiger partial charge in [-0.3, -0.25) is 9.78 Å². The lowest BCUT2D eigenvalue weighted by atomic mass is 9.70. The average Bonchev–Trinajstić information content (AvgIpc) is 2.40. The summed E-state index contributed by atoms with van der Waals surface area (Å²) < 4.78 is 0. The van der Waals surface area contributed by atoms with E-state index in [4.69, 9.17) is 5.73 Å². The van der Waals surface area contributed by atoms with Crippen LogP contribution < -0.4 is 5.73 Å². The minimum Gasteiger partial charge on any atom is -0.330 e. The third-order valence-electron chi connectivity index (χ3n) is 4.08. The Morgan fingerprint density at radius 3 is 2.67 bits per heavy atom. The van der Waals surface area contributed by atoms with E-state index in [9.17, 15) is 4.79 Å². The van der Waals surface area contributed by atoms with Crippen LogP contribution in [0.5, 0.6) is 0 Å². The average molecular weight is 246 g/mol. The van der Waals surface area contributed by atoms with Crippen LogP contribution in [0.25, 0.3) is 0 Å². The Bertz CT molecular complexity index is 422. The van der Waals surface area contributed by atoms with Gasteiger partial charge in [0.25, 0.3) is 0 Å². The van der Waals surface area contributed by atoms with E-state index < -0.39 is 0 Å². The molecule has 3 heteroatoms. The van der Waals surface area contributed by atoms with Crippen molar-refractivity contribution >= 4 is 5.78 Å². The third kappa shape index (κ3) is 2.96. The van der Waals surface area contributed by atoms with Crippen LogP contribution in [0.4, 0.5) is 0 Å². The van der Waals surface area contributed by atoms with E-state index in [2.05, 4.69) is 4.98 Å². The molecule has 0 atom stereocenters. The number of nitrogens with zero attached hydrogens (tertiary/aromatic N) is 1. The molecule has 1 aliphatic rings. The van der Waals surface area contributed by atoms with E-state index in [0.29, 0.717) is 13.0 Å². The summed E-state index contributed by atoms with van der Waals surface area (Å²) in [6.45, 7) is 2.58. The molecule has 2 N–H and O–H groups in total. The summed E-state index contributed by atoms with van der Waals surface area (Å²) in [5, 5.41) is 0. The smallest absolute Gasteiger partial charge is 0.165 e. The number of carbonyl (C=O) groups excluding carboxylic acids is 1. The first-order chi connectivity index (χ1) is 8.65. The van der Waals surface area contributed by atoms with Gasteiger partial charge in [0.1, 0.15) is 0 Å². The fourth-order valence-electron chi connectivity index (χ4n) is 2.90. The molecule has 2 rings (SSSR count). The van der Waals surface area contributed by atoms with Crippen molar-refractivity contribution in [2.45, 2.75) is 45.4 Å². The van der Waals surface area contributed by atoms with Crippen LogP contribution >= 0.6 is 0 Å². The maximum Gasteiger partial charge on any atom is 0.165 e. The highest BCUT2D eigenvalue weighted by Gasteiger charge is 2.33. The molecule has 1 heterocycles. The summed E-state index contributed by atoms with van der Waals surface area (Å²) in [5.41, 5.74) is 7.73. The largest absolute Gasteiger partial charge is 0.330 e. The van der Waals surface area contributed by atoms with Crippen molar-refractivity contribution in [2.75, 3.05) is 6.54 Å². The monoisotopic (exact) mass is 246 g/mol. The van der Waals surface area contributed by atoms with Crippen LogP contribution in [0.3, 0.4) is 0 Å². The normalized spacial score (nSPS) is 18.6. The quantitative estimate of drug-likeness (QED) is 0.831. The molecular weight excluding hydrogens is 224 g/mol. The van der Waals surface area contributed by atoms with Crippen LogP contribution in [-0.4, -0.2) is 17.3 Å². The Morgan fingerprint density at radius 1 is 1.33 bits per heavy atom. The number of aromatic nitrogens is 1. The number of Topliss-reactive ketones (excluding diaryl/α,β-unsaturated/α-hetero) is 1. The Balaban J connectivity index is 2.10. The molecule has 1 aromatic heterocycles. The highest BCUT2D eigenvalue weighted by Crippen LogP contribution is 2.39. The number of ketones is 1. The topological polar surface area (TPSA) is 56.0 Å². The van der Waals surface area contributed by atoms with Gasteiger partial charge in [-0.15, -0.1) is 0 Å². The number of rotatable bonds is 4. The molecule has 0 aromatic carbocycles. The second-order valence-electron chi connectivity index (χ2n) is 5.62. The number of hydrogen-bond acceptors (Lipinski definition) is 3. The van der Waals surface area contributed by atoms with Crippen LogP contribution in [0.2, 0.25) is 0 Å². The molecular formula is C15H22N2O. The van der Waals surface area contributed by atoms with E-state index >= 15 is 0 Å². The molecule has 1 aliphatic carbocycles. The molecule has 0 saturated heterocycles. The molecule has 98 valence electrons. The van der Waals surface area contributed by atoms with Crippen LogP contribution in [0.15, 0.2) is 18.5 Å². The van der Waals surface area contributed by atoms with Crippen molar-refractivity contribution in [3.63, 3.8) is 0 Å². The van der Waals surface area contributed by atoms with E-state index in [0.717, 1.165) is 24.0 Å². The molecule has 1 saturated carbocycles. The third-order valence-corrected chi connectivity index (χ3v) is 4.08. The van der Waals surface area contributed by atoms with Crippen molar-refractivity contribution in [3.8, 4) is 0 Å². The standard InChI is InChI=1S/C15H22N2O/c1-12-7-13(10-17-9-12)14(18)8-15(11-16)5-3-2-4-6-15/h7,9-10H,2-6,8,11,16H2,1H3. The number of aryl methyl sites for hydroxylation is 1. The van der Waals surface area contributed by atoms with Crippen LogP contribution in [0.1, 0.15) is 54.4 Å². The fraction of sp³-hybridized carbons (Fsp3) is 0.600. The maximum absolute atomic E-state index is 12.3. The lowest BCUT2D eigenvalue weighted by Gasteiger charge is -2.35. The number of carbonyl (C=O) groups is 1. The van der Waals surface area contributed by atoms with Gasteiger partial charge in [-0.25, -0.2) is 0 Å². The van der Waals surface area contributed by atoms with Crippen LogP contribution in [-0.2, 0) is 0 Å². The van der Waals surface area contributed by atoms with Crippen molar-refractivity contribution < 1.29 is 4.79 Å². The lowest BCUT2D eigenvalue weighted by molar-refractivity contribution is 0.0867. The first kappa shape index (κ1) is 13.2. The second-order valence-corrected chi connectivity index (χ2v) is 5.62. The van der Waals surface area contributed by atoms with Gasteiger partial charge in [-0.2, -0.15) is 0 Å². The molecule has 1 aromatic rings. The molecule has 0 aliphatic heterocycles. The van der Waals surface area contributed by atoms with Gasteiger partial charge in [0.15, 0.2) is 5.78 Å². The predicted octanol–water partition coefficient (Wildman–Crippen LogP) is 2.87. The zero-order valence-electron chi connectivity index (χ0n) is 11.1. The first-order valence-electron chi connectivity index (χ1n) is 6.80. The molecule has 0 spiro atoms. The molecule has 3 nitrogen and oxygen atoms in total. The zero-order valence-corrected chi connectivity index (χ0v) is 11.1. The van der Waals surface area contributed by atoms with Gasteiger partial charge in [0.05, 0.1) is 0 Å². The van der Waals surface area contributed by atoms with Crippen molar-refractivity contribution in [3.05, 3.63) is 29.6 Å².